The second-order valence-electron chi connectivity index (χ2n) is 1.11. The zero-order chi connectivity index (χ0) is 6.99. The lowest BCUT2D eigenvalue weighted by Crippen LogP contribution is -1.90. The first-order valence-corrected chi connectivity index (χ1v) is 2.57. The quantitative estimate of drug-likeness (QED) is 0.566. The van der Waals surface area contributed by atoms with Gasteiger partial charge in [-0.25, -0.2) is 4.39 Å². The first-order valence-electron chi connectivity index (χ1n) is 2.57. The van der Waals surface area contributed by atoms with E-state index < -0.39 is 6.36 Å². The van der Waals surface area contributed by atoms with E-state index in [1.54, 1.807) is 6.92 Å². The topological polar surface area (TPSA) is 20.2 Å². The molecule has 1 nitrogen and oxygen atoms in total. The van der Waals surface area contributed by atoms with Crippen molar-refractivity contribution in [3.8, 4) is 0 Å². The van der Waals surface area contributed by atoms with Crippen LogP contribution < -0.4 is 0 Å². The zero-order valence-corrected chi connectivity index (χ0v) is 5.19. The Morgan fingerprint density at radius 1 is 1.50 bits per heavy atom. The van der Waals surface area contributed by atoms with Crippen LogP contribution in [-0.2, 0) is 0 Å². The molecule has 0 amide bonds. The van der Waals surface area contributed by atoms with Crippen molar-refractivity contribution in [2.45, 2.75) is 26.6 Å². The molecule has 0 aromatic carbocycles. The molecule has 8 heavy (non-hydrogen) atoms. The summed E-state index contributed by atoms with van der Waals surface area (Å²) in [6.07, 6.45) is -1.42. The molecule has 52 valence electrons. The Balaban J connectivity index is 0. The molecular weight excluding hydrogens is 114 g/mol. The van der Waals surface area contributed by atoms with Gasteiger partial charge in [-0.1, -0.05) is 6.92 Å². The van der Waals surface area contributed by atoms with Crippen molar-refractivity contribution >= 4 is 0 Å². The van der Waals surface area contributed by atoms with E-state index in [2.05, 4.69) is 0 Å². The van der Waals surface area contributed by atoms with E-state index in [-0.39, 0.29) is 13.1 Å². The molecule has 0 rings (SSSR count). The third-order valence-electron chi connectivity index (χ3n) is 0.337. The Kier molecular flexibility index (Phi) is 13.3. The number of hydrogen-bond acceptors (Lipinski definition) is 1. The van der Waals surface area contributed by atoms with Gasteiger partial charge < -0.3 is 5.11 Å². The molecule has 0 radical (unpaired) electrons. The lowest BCUT2D eigenvalue weighted by molar-refractivity contribution is 0.0391. The SMILES string of the molecule is CCC(O)F.CCF. The van der Waals surface area contributed by atoms with E-state index >= 15 is 0 Å². The predicted octanol–water partition coefficient (Wildman–Crippen LogP) is 1.66. The fourth-order valence-electron chi connectivity index (χ4n) is 0. The molecule has 0 aliphatic carbocycles. The number of halogens is 2. The number of aliphatic hydroxyl groups is 1. The second kappa shape index (κ2) is 9.94. The standard InChI is InChI=1S/C3H7FO.C2H5F/c1-2-3(4)5;1-2-3/h3,5H,2H2,1H3;2H2,1H3. The highest BCUT2D eigenvalue weighted by molar-refractivity contribution is 4.23. The lowest BCUT2D eigenvalue weighted by Gasteiger charge is -1.85. The summed E-state index contributed by atoms with van der Waals surface area (Å²) in [5.41, 5.74) is 0. The minimum Gasteiger partial charge on any atom is -0.364 e. The molecule has 0 fully saturated rings. The lowest BCUT2D eigenvalue weighted by atomic mass is 10.5. The number of hydrogen-bond donors (Lipinski definition) is 1. The van der Waals surface area contributed by atoms with Crippen LogP contribution in [0, 0.1) is 0 Å². The van der Waals surface area contributed by atoms with Crippen molar-refractivity contribution < 1.29 is 13.9 Å². The average molecular weight is 126 g/mol. The summed E-state index contributed by atoms with van der Waals surface area (Å²) in [4.78, 5) is 0. The van der Waals surface area contributed by atoms with Crippen LogP contribution >= 0.6 is 0 Å². The molecule has 0 bridgehead atoms. The normalized spacial score (nSPS) is 11.6. The van der Waals surface area contributed by atoms with E-state index in [0.29, 0.717) is 0 Å². The largest absolute Gasteiger partial charge is 0.364 e. The van der Waals surface area contributed by atoms with Crippen molar-refractivity contribution in [1.29, 1.82) is 0 Å². The van der Waals surface area contributed by atoms with Crippen LogP contribution in [0.25, 0.3) is 0 Å². The first kappa shape index (κ1) is 10.7. The fourth-order valence-corrected chi connectivity index (χ4v) is 0. The summed E-state index contributed by atoms with van der Waals surface area (Å²) < 4.78 is 21.3. The summed E-state index contributed by atoms with van der Waals surface area (Å²) >= 11 is 0. The first-order chi connectivity index (χ1) is 3.68. The molecule has 3 heteroatoms. The van der Waals surface area contributed by atoms with Crippen LogP contribution in [0.5, 0.6) is 0 Å². The fraction of sp³-hybridized carbons (Fsp3) is 1.00. The summed E-state index contributed by atoms with van der Waals surface area (Å²) in [7, 11) is 0. The van der Waals surface area contributed by atoms with Crippen molar-refractivity contribution in [2.75, 3.05) is 6.67 Å². The highest BCUT2D eigenvalue weighted by atomic mass is 19.1. The van der Waals surface area contributed by atoms with Crippen molar-refractivity contribution in [2.24, 2.45) is 0 Å². The van der Waals surface area contributed by atoms with Gasteiger partial charge >= 0.3 is 0 Å². The average Bonchev–Trinajstić information content (AvgIpc) is 1.69. The maximum Gasteiger partial charge on any atom is 0.196 e. The Morgan fingerprint density at radius 3 is 1.62 bits per heavy atom. The van der Waals surface area contributed by atoms with Gasteiger partial charge in [0.2, 0.25) is 0 Å². The molecule has 0 heterocycles. The molecule has 0 aliphatic rings. The monoisotopic (exact) mass is 126 g/mol. The maximum absolute atomic E-state index is 11.0. The number of aliphatic hydroxyl groups excluding tert-OH is 1. The minimum absolute atomic E-state index is 0.194. The zero-order valence-electron chi connectivity index (χ0n) is 5.19. The van der Waals surface area contributed by atoms with Crippen LogP contribution in [0.15, 0.2) is 0 Å². The van der Waals surface area contributed by atoms with E-state index in [4.69, 9.17) is 5.11 Å². The van der Waals surface area contributed by atoms with Crippen LogP contribution in [0.2, 0.25) is 0 Å². The highest BCUT2D eigenvalue weighted by Gasteiger charge is 1.87. The predicted molar refractivity (Wildman–Crippen MR) is 29.1 cm³/mol. The third-order valence-corrected chi connectivity index (χ3v) is 0.337. The van der Waals surface area contributed by atoms with Crippen molar-refractivity contribution in [3.63, 3.8) is 0 Å². The summed E-state index contributed by atoms with van der Waals surface area (Å²) in [5.74, 6) is 0. The van der Waals surface area contributed by atoms with Crippen molar-refractivity contribution in [3.05, 3.63) is 0 Å². The number of rotatable bonds is 1. The van der Waals surface area contributed by atoms with Crippen LogP contribution in [-0.4, -0.2) is 18.1 Å². The van der Waals surface area contributed by atoms with Gasteiger partial charge in [0.25, 0.3) is 0 Å². The van der Waals surface area contributed by atoms with E-state index in [0.717, 1.165) is 0 Å². The van der Waals surface area contributed by atoms with Gasteiger partial charge in [-0.2, -0.15) is 0 Å². The van der Waals surface area contributed by atoms with Gasteiger partial charge in [-0.3, -0.25) is 4.39 Å². The highest BCUT2D eigenvalue weighted by Crippen LogP contribution is 1.85. The van der Waals surface area contributed by atoms with Gasteiger partial charge in [0.15, 0.2) is 6.36 Å². The Labute approximate surface area is 48.3 Å². The van der Waals surface area contributed by atoms with Crippen molar-refractivity contribution in [1.82, 2.24) is 0 Å². The van der Waals surface area contributed by atoms with Gasteiger partial charge in [0.05, 0.1) is 6.67 Å². The molecule has 0 spiro atoms. The van der Waals surface area contributed by atoms with Gasteiger partial charge in [-0.15, -0.1) is 0 Å². The smallest absolute Gasteiger partial charge is 0.196 e. The third kappa shape index (κ3) is 40.8. The summed E-state index contributed by atoms with van der Waals surface area (Å²) in [6.45, 7) is 2.78. The van der Waals surface area contributed by atoms with E-state index in [1.807, 2.05) is 0 Å². The molecule has 1 atom stereocenters. The van der Waals surface area contributed by atoms with Crippen LogP contribution in [0.1, 0.15) is 20.3 Å². The number of alkyl halides is 2. The molecule has 1 N–H and O–H groups in total. The van der Waals surface area contributed by atoms with Crippen LogP contribution in [0.4, 0.5) is 8.78 Å². The molecule has 0 saturated heterocycles. The molecule has 0 aromatic heterocycles. The van der Waals surface area contributed by atoms with Gasteiger partial charge in [-0.05, 0) is 6.92 Å². The summed E-state index contributed by atoms with van der Waals surface area (Å²) in [5, 5.41) is 7.69. The van der Waals surface area contributed by atoms with Crippen LogP contribution in [0.3, 0.4) is 0 Å². The Morgan fingerprint density at radius 2 is 1.62 bits per heavy atom. The molecular formula is C5H12F2O. The van der Waals surface area contributed by atoms with Gasteiger partial charge in [0, 0.05) is 6.42 Å². The molecule has 0 saturated carbocycles. The molecule has 0 aliphatic heterocycles. The Hall–Kier alpha value is -0.180. The Bertz CT molecular complexity index is 31.6. The molecule has 1 unspecified atom stereocenters. The van der Waals surface area contributed by atoms with E-state index in [9.17, 15) is 8.78 Å². The molecule has 0 aromatic rings. The summed E-state index contributed by atoms with van der Waals surface area (Å²) in [6, 6.07) is 0. The minimum atomic E-state index is -1.62. The maximum atomic E-state index is 11.0. The van der Waals surface area contributed by atoms with Gasteiger partial charge in [0.1, 0.15) is 0 Å². The second-order valence-corrected chi connectivity index (χ2v) is 1.11. The van der Waals surface area contributed by atoms with E-state index in [1.165, 1.54) is 6.92 Å².